The van der Waals surface area contributed by atoms with Crippen LogP contribution in [-0.2, 0) is 13.1 Å². The summed E-state index contributed by atoms with van der Waals surface area (Å²) >= 11 is 0. The summed E-state index contributed by atoms with van der Waals surface area (Å²) in [6.45, 7) is 5.07. The molecule has 1 saturated heterocycles. The van der Waals surface area contributed by atoms with Gasteiger partial charge in [-0.05, 0) is 36.8 Å². The maximum absolute atomic E-state index is 14.1. The Morgan fingerprint density at radius 1 is 1.13 bits per heavy atom. The van der Waals surface area contributed by atoms with Gasteiger partial charge in [0.15, 0.2) is 11.2 Å². The van der Waals surface area contributed by atoms with Gasteiger partial charge in [0.1, 0.15) is 5.75 Å². The number of nitrogens with one attached hydrogen (secondary N) is 1. The second-order valence-corrected chi connectivity index (χ2v) is 8.89. The zero-order valence-electron chi connectivity index (χ0n) is 21.3. The molecule has 11 nitrogen and oxygen atoms in total. The van der Waals surface area contributed by atoms with Crippen molar-refractivity contribution in [1.82, 2.24) is 24.4 Å². The summed E-state index contributed by atoms with van der Waals surface area (Å²) in [5.74, 6) is 6.02. The van der Waals surface area contributed by atoms with Crippen LogP contribution >= 0.6 is 0 Å². The van der Waals surface area contributed by atoms with Crippen LogP contribution in [0.25, 0.3) is 11.2 Å². The van der Waals surface area contributed by atoms with Crippen LogP contribution < -0.4 is 26.2 Å². The van der Waals surface area contributed by atoms with E-state index in [0.29, 0.717) is 35.7 Å². The van der Waals surface area contributed by atoms with Crippen LogP contribution in [0.2, 0.25) is 0 Å². The Balaban J connectivity index is 1.72. The van der Waals surface area contributed by atoms with Gasteiger partial charge >= 0.3 is 6.01 Å². The number of hydrogen-bond acceptors (Lipinski definition) is 8. The largest absolute Gasteiger partial charge is 0.425 e. The topological polar surface area (TPSA) is 144 Å². The van der Waals surface area contributed by atoms with Crippen LogP contribution in [0.5, 0.6) is 11.8 Å². The third-order valence-electron chi connectivity index (χ3n) is 6.37. The number of primary amides is 1. The minimum Gasteiger partial charge on any atom is -0.425 e. The molecule has 1 aliphatic rings. The minimum absolute atomic E-state index is 0.0540. The first-order valence-electron chi connectivity index (χ1n) is 12.4. The van der Waals surface area contributed by atoms with E-state index in [1.807, 2.05) is 6.07 Å². The number of para-hydroxylation sites is 1. The Hall–Kier alpha value is -5.13. The van der Waals surface area contributed by atoms with E-state index in [2.05, 4.69) is 33.1 Å². The average Bonchev–Trinajstić information content (AvgIpc) is 3.33. The van der Waals surface area contributed by atoms with Crippen molar-refractivity contribution in [3.63, 3.8) is 0 Å². The molecule has 11 heteroatoms. The first-order valence-corrected chi connectivity index (χ1v) is 12.4. The maximum Gasteiger partial charge on any atom is 0.307 e. The molecule has 0 atom stereocenters. The van der Waals surface area contributed by atoms with Gasteiger partial charge in [0.25, 0.3) is 11.5 Å². The van der Waals surface area contributed by atoms with E-state index in [1.165, 1.54) is 10.6 Å². The Morgan fingerprint density at radius 2 is 1.92 bits per heavy atom. The number of nitriles is 1. The molecule has 1 aliphatic heterocycles. The van der Waals surface area contributed by atoms with E-state index < -0.39 is 5.91 Å². The van der Waals surface area contributed by atoms with Crippen LogP contribution in [0.4, 0.5) is 5.95 Å². The highest BCUT2D eigenvalue weighted by molar-refractivity contribution is 5.95. The van der Waals surface area contributed by atoms with Crippen molar-refractivity contribution in [3.8, 4) is 29.7 Å². The molecule has 3 N–H and O–H groups in total. The number of fused-ring (bicyclic) bond motifs is 1. The number of ether oxygens (including phenoxy) is 1. The van der Waals surface area contributed by atoms with Gasteiger partial charge in [-0.15, -0.1) is 5.92 Å². The molecule has 0 radical (unpaired) electrons. The molecule has 196 valence electrons. The summed E-state index contributed by atoms with van der Waals surface area (Å²) in [6, 6.07) is 15.5. The second kappa shape index (κ2) is 11.1. The fourth-order valence-corrected chi connectivity index (χ4v) is 4.49. The minimum atomic E-state index is -0.675. The maximum atomic E-state index is 14.1. The molecular weight excluding hydrogens is 496 g/mol. The standard InChI is InChI=1S/C28H26N8O3/c1-2-3-13-35-23-25(32-27(35)34-14-11-31-12-15-34)33-28(39-22-10-5-4-9-21(22)24(30)37)36(26(23)38)18-20-8-6-7-19(16-20)17-29/h4-10,16,31H,11-15,18H2,1H3,(H2,30,37). The van der Waals surface area contributed by atoms with Gasteiger partial charge in [0.2, 0.25) is 5.95 Å². The van der Waals surface area contributed by atoms with Gasteiger partial charge in [-0.3, -0.25) is 18.7 Å². The van der Waals surface area contributed by atoms with Crippen molar-refractivity contribution < 1.29 is 9.53 Å². The van der Waals surface area contributed by atoms with E-state index >= 15 is 0 Å². The molecule has 1 fully saturated rings. The second-order valence-electron chi connectivity index (χ2n) is 8.89. The molecule has 4 aromatic rings. The summed E-state index contributed by atoms with van der Waals surface area (Å²) in [4.78, 5) is 37.7. The third-order valence-corrected chi connectivity index (χ3v) is 6.37. The molecule has 0 bridgehead atoms. The molecule has 5 rings (SSSR count). The molecule has 0 aliphatic carbocycles. The number of carbonyl (C=O) groups is 1. The number of rotatable bonds is 7. The van der Waals surface area contributed by atoms with Crippen molar-refractivity contribution in [2.75, 3.05) is 31.1 Å². The lowest BCUT2D eigenvalue weighted by Gasteiger charge is -2.28. The summed E-state index contributed by atoms with van der Waals surface area (Å²) < 4.78 is 9.24. The van der Waals surface area contributed by atoms with Gasteiger partial charge in [-0.1, -0.05) is 30.2 Å². The summed E-state index contributed by atoms with van der Waals surface area (Å²) in [7, 11) is 0. The van der Waals surface area contributed by atoms with Gasteiger partial charge in [-0.25, -0.2) is 0 Å². The van der Waals surface area contributed by atoms with Crippen molar-refractivity contribution >= 4 is 23.0 Å². The molecule has 0 saturated carbocycles. The number of carbonyl (C=O) groups excluding carboxylic acids is 1. The quantitative estimate of drug-likeness (QED) is 0.350. The Morgan fingerprint density at radius 3 is 2.67 bits per heavy atom. The Kier molecular flexibility index (Phi) is 7.26. The lowest BCUT2D eigenvalue weighted by molar-refractivity contribution is 0.0998. The number of nitrogens with zero attached hydrogens (tertiary/aromatic N) is 6. The monoisotopic (exact) mass is 522 g/mol. The molecule has 3 heterocycles. The first-order chi connectivity index (χ1) is 19.0. The van der Waals surface area contributed by atoms with E-state index in [9.17, 15) is 14.9 Å². The number of aromatic nitrogens is 4. The number of hydrogen-bond donors (Lipinski definition) is 2. The van der Waals surface area contributed by atoms with Gasteiger partial charge in [0, 0.05) is 26.2 Å². The molecule has 39 heavy (non-hydrogen) atoms. The van der Waals surface area contributed by atoms with E-state index in [0.717, 1.165) is 13.1 Å². The lowest BCUT2D eigenvalue weighted by atomic mass is 10.1. The number of anilines is 1. The highest BCUT2D eigenvalue weighted by Crippen LogP contribution is 2.27. The van der Waals surface area contributed by atoms with Crippen molar-refractivity contribution in [2.24, 2.45) is 5.73 Å². The van der Waals surface area contributed by atoms with Crippen LogP contribution in [0.15, 0.2) is 53.3 Å². The predicted molar refractivity (Wildman–Crippen MR) is 146 cm³/mol. The SMILES string of the molecule is CC#CCn1c(N2CCNCC2)nc2nc(Oc3ccccc3C(N)=O)n(Cc3cccc(C#N)c3)c(=O)c21. The fraction of sp³-hybridized carbons (Fsp3) is 0.250. The molecular formula is C28H26N8O3. The van der Waals surface area contributed by atoms with Crippen LogP contribution in [0.1, 0.15) is 28.4 Å². The van der Waals surface area contributed by atoms with Crippen molar-refractivity contribution in [3.05, 3.63) is 75.6 Å². The third kappa shape index (κ3) is 5.17. The Labute approximate surface area is 224 Å². The summed E-state index contributed by atoms with van der Waals surface area (Å²) in [6.07, 6.45) is 0. The summed E-state index contributed by atoms with van der Waals surface area (Å²) in [5.41, 5.74) is 6.97. The fourth-order valence-electron chi connectivity index (χ4n) is 4.49. The Bertz CT molecular complexity index is 1710. The molecule has 2 aromatic heterocycles. The van der Waals surface area contributed by atoms with Crippen LogP contribution in [0.3, 0.4) is 0 Å². The number of imidazole rings is 1. The van der Waals surface area contributed by atoms with Crippen molar-refractivity contribution in [1.29, 1.82) is 5.26 Å². The number of nitrogens with two attached hydrogens (primary N) is 1. The normalized spacial score (nSPS) is 13.0. The van der Waals surface area contributed by atoms with Crippen LogP contribution in [0, 0.1) is 23.2 Å². The number of piperazine rings is 1. The smallest absolute Gasteiger partial charge is 0.307 e. The van der Waals surface area contributed by atoms with Gasteiger partial charge < -0.3 is 20.7 Å². The first kappa shape index (κ1) is 25.5. The number of amides is 1. The highest BCUT2D eigenvalue weighted by Gasteiger charge is 2.25. The zero-order chi connectivity index (χ0) is 27.4. The van der Waals surface area contributed by atoms with Crippen LogP contribution in [-0.4, -0.2) is 51.2 Å². The highest BCUT2D eigenvalue weighted by atomic mass is 16.5. The molecule has 0 unspecified atom stereocenters. The predicted octanol–water partition coefficient (Wildman–Crippen LogP) is 1.84. The van der Waals surface area contributed by atoms with E-state index in [4.69, 9.17) is 15.5 Å². The summed E-state index contributed by atoms with van der Waals surface area (Å²) in [5, 5.41) is 12.7. The zero-order valence-corrected chi connectivity index (χ0v) is 21.3. The van der Waals surface area contributed by atoms with Gasteiger partial charge in [-0.2, -0.15) is 15.2 Å². The van der Waals surface area contributed by atoms with E-state index in [1.54, 1.807) is 47.9 Å². The van der Waals surface area contributed by atoms with Crippen molar-refractivity contribution in [2.45, 2.75) is 20.0 Å². The molecule has 1 amide bonds. The number of benzene rings is 2. The lowest BCUT2D eigenvalue weighted by Crippen LogP contribution is -2.44. The molecule has 2 aromatic carbocycles. The average molecular weight is 523 g/mol. The van der Waals surface area contributed by atoms with E-state index in [-0.39, 0.29) is 41.6 Å². The van der Waals surface area contributed by atoms with Gasteiger partial charge in [0.05, 0.1) is 30.3 Å². The molecule has 0 spiro atoms.